The largest absolute Gasteiger partial charge is 0.463 e. The lowest BCUT2D eigenvalue weighted by Gasteiger charge is -2.23. The summed E-state index contributed by atoms with van der Waals surface area (Å²) in [6, 6.07) is 0.546. The fraction of sp³-hybridized carbons (Fsp3) is 0.750. The van der Waals surface area contributed by atoms with Crippen LogP contribution in [-0.4, -0.2) is 18.6 Å². The molecule has 0 bridgehead atoms. The van der Waals surface area contributed by atoms with Crippen LogP contribution in [0.1, 0.15) is 46.0 Å². The lowest BCUT2D eigenvalue weighted by atomic mass is 9.95. The van der Waals surface area contributed by atoms with Crippen LogP contribution in [0.2, 0.25) is 0 Å². The van der Waals surface area contributed by atoms with E-state index in [2.05, 4.69) is 5.32 Å². The Balaban J connectivity index is 2.32. The van der Waals surface area contributed by atoms with Crippen molar-refractivity contribution in [2.45, 2.75) is 52.0 Å². The Morgan fingerprint density at radius 2 is 2.07 bits per heavy atom. The maximum absolute atomic E-state index is 11.2. The van der Waals surface area contributed by atoms with Gasteiger partial charge in [-0.3, -0.25) is 0 Å². The number of nitrogens with one attached hydrogen (secondary N) is 1. The summed E-state index contributed by atoms with van der Waals surface area (Å²) in [5.41, 5.74) is 0.917. The number of carbonyl (C=O) groups is 1. The Morgan fingerprint density at radius 3 is 2.67 bits per heavy atom. The average Bonchev–Trinajstić information content (AvgIpc) is 2.19. The fourth-order valence-electron chi connectivity index (χ4n) is 1.97. The van der Waals surface area contributed by atoms with Gasteiger partial charge in [-0.25, -0.2) is 4.79 Å². The Hall–Kier alpha value is -0.990. The molecule has 3 heteroatoms. The number of rotatable bonds is 4. The molecule has 3 nitrogen and oxygen atoms in total. The van der Waals surface area contributed by atoms with Gasteiger partial charge in [0.2, 0.25) is 0 Å². The van der Waals surface area contributed by atoms with Crippen molar-refractivity contribution < 1.29 is 9.53 Å². The second-order valence-electron chi connectivity index (χ2n) is 4.06. The van der Waals surface area contributed by atoms with Crippen molar-refractivity contribution in [3.8, 4) is 0 Å². The molecule has 1 N–H and O–H groups in total. The highest BCUT2D eigenvalue weighted by Gasteiger charge is 2.12. The molecule has 1 aliphatic rings. The summed E-state index contributed by atoms with van der Waals surface area (Å²) in [6.07, 6.45) is 7.91. The minimum absolute atomic E-state index is 0.252. The molecule has 1 aliphatic carbocycles. The van der Waals surface area contributed by atoms with Crippen molar-refractivity contribution in [2.75, 3.05) is 6.61 Å². The predicted octanol–water partition coefficient (Wildman–Crippen LogP) is 2.38. The Bertz CT molecular complexity index is 230. The van der Waals surface area contributed by atoms with E-state index in [1.807, 2.05) is 13.8 Å². The standard InChI is InChI=1S/C12H21NO2/c1-3-15-12(14)9-10(2)13-11-7-5-4-6-8-11/h9,11,13H,3-8H2,1-2H3/b10-9+. The Kier molecular flexibility index (Phi) is 5.22. The van der Waals surface area contributed by atoms with Gasteiger partial charge < -0.3 is 10.1 Å². The maximum Gasteiger partial charge on any atom is 0.332 e. The van der Waals surface area contributed by atoms with Crippen molar-refractivity contribution in [3.63, 3.8) is 0 Å². The van der Waals surface area contributed by atoms with E-state index in [1.165, 1.54) is 38.2 Å². The lowest BCUT2D eigenvalue weighted by Crippen LogP contribution is -2.29. The summed E-state index contributed by atoms with van der Waals surface area (Å²) < 4.78 is 4.85. The monoisotopic (exact) mass is 211 g/mol. The van der Waals surface area contributed by atoms with E-state index in [0.29, 0.717) is 12.6 Å². The summed E-state index contributed by atoms with van der Waals surface area (Å²) >= 11 is 0. The molecule has 0 aromatic carbocycles. The topological polar surface area (TPSA) is 38.3 Å². The lowest BCUT2D eigenvalue weighted by molar-refractivity contribution is -0.137. The quantitative estimate of drug-likeness (QED) is 0.573. The molecule has 0 unspecified atom stereocenters. The van der Waals surface area contributed by atoms with Gasteiger partial charge >= 0.3 is 5.97 Å². The zero-order chi connectivity index (χ0) is 11.1. The highest BCUT2D eigenvalue weighted by atomic mass is 16.5. The zero-order valence-electron chi connectivity index (χ0n) is 9.71. The van der Waals surface area contributed by atoms with Crippen LogP contribution in [0.3, 0.4) is 0 Å². The zero-order valence-corrected chi connectivity index (χ0v) is 9.71. The molecule has 0 saturated heterocycles. The van der Waals surface area contributed by atoms with Crippen LogP contribution in [-0.2, 0) is 9.53 Å². The van der Waals surface area contributed by atoms with Gasteiger partial charge in [0, 0.05) is 17.8 Å². The van der Waals surface area contributed by atoms with Crippen LogP contribution in [0.5, 0.6) is 0 Å². The van der Waals surface area contributed by atoms with Gasteiger partial charge in [-0.15, -0.1) is 0 Å². The molecule has 1 fully saturated rings. The van der Waals surface area contributed by atoms with Crippen molar-refractivity contribution in [1.82, 2.24) is 5.32 Å². The first kappa shape index (κ1) is 12.1. The van der Waals surface area contributed by atoms with E-state index < -0.39 is 0 Å². The normalized spacial score (nSPS) is 18.7. The number of hydrogen-bond donors (Lipinski definition) is 1. The molecular weight excluding hydrogens is 190 g/mol. The smallest absolute Gasteiger partial charge is 0.332 e. The van der Waals surface area contributed by atoms with Crippen LogP contribution in [0, 0.1) is 0 Å². The molecule has 0 aromatic heterocycles. The fourth-order valence-corrected chi connectivity index (χ4v) is 1.97. The minimum atomic E-state index is -0.252. The third kappa shape index (κ3) is 4.86. The molecular formula is C12H21NO2. The first-order chi connectivity index (χ1) is 7.22. The van der Waals surface area contributed by atoms with Gasteiger partial charge in [0.15, 0.2) is 0 Å². The van der Waals surface area contributed by atoms with E-state index in [0.717, 1.165) is 5.70 Å². The number of hydrogen-bond acceptors (Lipinski definition) is 3. The summed E-state index contributed by atoms with van der Waals surface area (Å²) in [7, 11) is 0. The van der Waals surface area contributed by atoms with E-state index >= 15 is 0 Å². The Labute approximate surface area is 91.9 Å². The van der Waals surface area contributed by atoms with Crippen LogP contribution in [0.15, 0.2) is 11.8 Å². The molecule has 1 saturated carbocycles. The van der Waals surface area contributed by atoms with Crippen molar-refractivity contribution >= 4 is 5.97 Å². The van der Waals surface area contributed by atoms with Crippen molar-refractivity contribution in [1.29, 1.82) is 0 Å². The molecule has 0 heterocycles. The number of allylic oxidation sites excluding steroid dienone is 1. The minimum Gasteiger partial charge on any atom is -0.463 e. The molecule has 86 valence electrons. The molecule has 0 aliphatic heterocycles. The molecule has 0 radical (unpaired) electrons. The first-order valence-corrected chi connectivity index (χ1v) is 5.84. The second kappa shape index (κ2) is 6.49. The first-order valence-electron chi connectivity index (χ1n) is 5.84. The molecule has 0 aromatic rings. The summed E-state index contributed by atoms with van der Waals surface area (Å²) in [4.78, 5) is 11.2. The van der Waals surface area contributed by atoms with E-state index in [1.54, 1.807) is 0 Å². The molecule has 15 heavy (non-hydrogen) atoms. The maximum atomic E-state index is 11.2. The second-order valence-corrected chi connectivity index (χ2v) is 4.06. The van der Waals surface area contributed by atoms with E-state index in [9.17, 15) is 4.79 Å². The number of carbonyl (C=O) groups excluding carboxylic acids is 1. The van der Waals surface area contributed by atoms with Gasteiger partial charge in [-0.05, 0) is 26.7 Å². The number of esters is 1. The van der Waals surface area contributed by atoms with Gasteiger partial charge in [-0.2, -0.15) is 0 Å². The van der Waals surface area contributed by atoms with Crippen molar-refractivity contribution in [2.24, 2.45) is 0 Å². The highest BCUT2D eigenvalue weighted by molar-refractivity contribution is 5.82. The third-order valence-electron chi connectivity index (χ3n) is 2.66. The van der Waals surface area contributed by atoms with Gasteiger partial charge in [0.05, 0.1) is 6.61 Å². The molecule has 0 amide bonds. The van der Waals surface area contributed by atoms with Crippen molar-refractivity contribution in [3.05, 3.63) is 11.8 Å². The summed E-state index contributed by atoms with van der Waals surface area (Å²) in [5.74, 6) is -0.252. The molecule has 0 spiro atoms. The Morgan fingerprint density at radius 1 is 1.40 bits per heavy atom. The number of ether oxygens (including phenoxy) is 1. The van der Waals surface area contributed by atoms with Gasteiger partial charge in [0.1, 0.15) is 0 Å². The van der Waals surface area contributed by atoms with Crippen LogP contribution in [0.4, 0.5) is 0 Å². The highest BCUT2D eigenvalue weighted by Crippen LogP contribution is 2.18. The van der Waals surface area contributed by atoms with Crippen LogP contribution in [0.25, 0.3) is 0 Å². The van der Waals surface area contributed by atoms with Gasteiger partial charge in [0.25, 0.3) is 0 Å². The molecule has 1 rings (SSSR count). The van der Waals surface area contributed by atoms with Crippen LogP contribution >= 0.6 is 0 Å². The summed E-state index contributed by atoms with van der Waals surface area (Å²) in [6.45, 7) is 4.17. The average molecular weight is 211 g/mol. The molecule has 0 atom stereocenters. The van der Waals surface area contributed by atoms with Crippen LogP contribution < -0.4 is 5.32 Å². The van der Waals surface area contributed by atoms with E-state index in [-0.39, 0.29) is 5.97 Å². The van der Waals surface area contributed by atoms with E-state index in [4.69, 9.17) is 4.74 Å². The summed E-state index contributed by atoms with van der Waals surface area (Å²) in [5, 5.41) is 3.37. The SMILES string of the molecule is CCOC(=O)/C=C(\C)NC1CCCCC1. The predicted molar refractivity (Wildman–Crippen MR) is 60.4 cm³/mol. The van der Waals surface area contributed by atoms with Gasteiger partial charge in [-0.1, -0.05) is 19.3 Å². The third-order valence-corrected chi connectivity index (χ3v) is 2.66.